The molecule has 1 amide bonds. The number of likely N-dealkylation sites (N-methyl/N-ethyl adjacent to an activating group) is 1. The van der Waals surface area contributed by atoms with E-state index in [4.69, 9.17) is 0 Å². The third-order valence-electron chi connectivity index (χ3n) is 5.04. The highest BCUT2D eigenvalue weighted by atomic mass is 32.2. The minimum absolute atomic E-state index is 0.0864. The van der Waals surface area contributed by atoms with Gasteiger partial charge in [-0.3, -0.25) is 4.79 Å². The molecule has 1 aromatic carbocycles. The van der Waals surface area contributed by atoms with Crippen molar-refractivity contribution in [1.82, 2.24) is 10.2 Å². The van der Waals surface area contributed by atoms with E-state index in [9.17, 15) is 18.3 Å². The van der Waals surface area contributed by atoms with E-state index < -0.39 is 26.6 Å². The summed E-state index contributed by atoms with van der Waals surface area (Å²) in [6.45, 7) is 5.20. The standard InChI is InChI=1S/C18H28N2O4S/c1-4-20(13-16(21)15-7-5-14(2)6-8-15)17(22)18(25(3,23)24)9-11-19-12-10-18/h5-8,16,19,21H,4,9-13H2,1-3H3. The van der Waals surface area contributed by atoms with Gasteiger partial charge >= 0.3 is 0 Å². The van der Waals surface area contributed by atoms with Crippen molar-refractivity contribution in [2.24, 2.45) is 0 Å². The van der Waals surface area contributed by atoms with Gasteiger partial charge in [-0.2, -0.15) is 0 Å². The number of rotatable bonds is 6. The van der Waals surface area contributed by atoms with Crippen molar-refractivity contribution < 1.29 is 18.3 Å². The first-order valence-electron chi connectivity index (χ1n) is 8.65. The number of amides is 1. The Morgan fingerprint density at radius 2 is 1.84 bits per heavy atom. The molecule has 0 spiro atoms. The third-order valence-corrected chi connectivity index (χ3v) is 7.04. The zero-order chi connectivity index (χ0) is 18.7. The highest BCUT2D eigenvalue weighted by Crippen LogP contribution is 2.31. The molecule has 1 atom stereocenters. The fourth-order valence-corrected chi connectivity index (χ4v) is 4.71. The average Bonchev–Trinajstić information content (AvgIpc) is 2.59. The largest absolute Gasteiger partial charge is 0.387 e. The molecule has 1 aliphatic rings. The van der Waals surface area contributed by atoms with E-state index in [0.717, 1.165) is 17.4 Å². The Bertz CT molecular complexity index is 694. The SMILES string of the molecule is CCN(CC(O)c1ccc(C)cc1)C(=O)C1(S(C)(=O)=O)CCNCC1. The van der Waals surface area contributed by atoms with Gasteiger partial charge in [0.25, 0.3) is 0 Å². The summed E-state index contributed by atoms with van der Waals surface area (Å²) in [6, 6.07) is 7.47. The number of aliphatic hydroxyl groups is 1. The van der Waals surface area contributed by atoms with Crippen molar-refractivity contribution in [3.63, 3.8) is 0 Å². The molecule has 0 aromatic heterocycles. The summed E-state index contributed by atoms with van der Waals surface area (Å²) < 4.78 is 23.5. The van der Waals surface area contributed by atoms with E-state index >= 15 is 0 Å². The number of benzene rings is 1. The van der Waals surface area contributed by atoms with Crippen LogP contribution in [0.15, 0.2) is 24.3 Å². The van der Waals surface area contributed by atoms with Gasteiger partial charge in [-0.25, -0.2) is 8.42 Å². The second-order valence-corrected chi connectivity index (χ2v) is 9.11. The van der Waals surface area contributed by atoms with Crippen molar-refractivity contribution >= 4 is 15.7 Å². The predicted octanol–water partition coefficient (Wildman–Crippen LogP) is 1.04. The van der Waals surface area contributed by atoms with Gasteiger partial charge in [-0.05, 0) is 45.3 Å². The van der Waals surface area contributed by atoms with Gasteiger partial charge in [0.15, 0.2) is 14.6 Å². The molecule has 1 unspecified atom stereocenters. The van der Waals surface area contributed by atoms with Crippen LogP contribution < -0.4 is 5.32 Å². The van der Waals surface area contributed by atoms with Crippen LogP contribution in [0.2, 0.25) is 0 Å². The highest BCUT2D eigenvalue weighted by Gasteiger charge is 2.50. The van der Waals surface area contributed by atoms with E-state index in [1.54, 1.807) is 6.92 Å². The van der Waals surface area contributed by atoms with Crippen molar-refractivity contribution in [2.45, 2.75) is 37.5 Å². The van der Waals surface area contributed by atoms with Crippen molar-refractivity contribution in [3.8, 4) is 0 Å². The number of aryl methyl sites for hydroxylation is 1. The van der Waals surface area contributed by atoms with Gasteiger partial charge in [-0.15, -0.1) is 0 Å². The maximum absolute atomic E-state index is 13.1. The number of hydrogen-bond acceptors (Lipinski definition) is 5. The van der Waals surface area contributed by atoms with Crippen LogP contribution in [0, 0.1) is 6.92 Å². The highest BCUT2D eigenvalue weighted by molar-refractivity contribution is 7.92. The first-order chi connectivity index (χ1) is 11.7. The average molecular weight is 368 g/mol. The fraction of sp³-hybridized carbons (Fsp3) is 0.611. The summed E-state index contributed by atoms with van der Waals surface area (Å²) >= 11 is 0. The molecule has 0 bridgehead atoms. The van der Waals surface area contributed by atoms with Crippen LogP contribution >= 0.6 is 0 Å². The lowest BCUT2D eigenvalue weighted by atomic mass is 9.94. The maximum Gasteiger partial charge on any atom is 0.244 e. The minimum atomic E-state index is -3.56. The molecule has 1 fully saturated rings. The molecular formula is C18H28N2O4S. The summed E-state index contributed by atoms with van der Waals surface area (Å²) in [4.78, 5) is 14.6. The molecule has 0 aliphatic carbocycles. The molecule has 1 saturated heterocycles. The molecule has 1 heterocycles. The van der Waals surface area contributed by atoms with Crippen LogP contribution in [0.1, 0.15) is 37.0 Å². The lowest BCUT2D eigenvalue weighted by Gasteiger charge is -2.38. The fourth-order valence-electron chi connectivity index (χ4n) is 3.32. The van der Waals surface area contributed by atoms with Crippen LogP contribution in [-0.4, -0.2) is 61.5 Å². The monoisotopic (exact) mass is 368 g/mol. The smallest absolute Gasteiger partial charge is 0.244 e. The van der Waals surface area contributed by atoms with E-state index in [2.05, 4.69) is 5.32 Å². The van der Waals surface area contributed by atoms with Crippen molar-refractivity contribution in [2.75, 3.05) is 32.4 Å². The molecule has 2 N–H and O–H groups in total. The quantitative estimate of drug-likeness (QED) is 0.784. The zero-order valence-electron chi connectivity index (χ0n) is 15.2. The minimum Gasteiger partial charge on any atom is -0.387 e. The number of carbonyl (C=O) groups is 1. The molecule has 1 aliphatic heterocycles. The van der Waals surface area contributed by atoms with Crippen LogP contribution in [0.25, 0.3) is 0 Å². The summed E-state index contributed by atoms with van der Waals surface area (Å²) in [5.74, 6) is -0.398. The van der Waals surface area contributed by atoms with Crippen molar-refractivity contribution in [1.29, 1.82) is 0 Å². The molecule has 6 nitrogen and oxygen atoms in total. The lowest BCUT2D eigenvalue weighted by Crippen LogP contribution is -2.58. The molecule has 0 radical (unpaired) electrons. The second kappa shape index (κ2) is 7.85. The topological polar surface area (TPSA) is 86.7 Å². The van der Waals surface area contributed by atoms with Crippen LogP contribution in [-0.2, 0) is 14.6 Å². The Labute approximate surface area is 150 Å². The summed E-state index contributed by atoms with van der Waals surface area (Å²) in [5, 5.41) is 13.6. The molecule has 1 aromatic rings. The van der Waals surface area contributed by atoms with Gasteiger partial charge in [0.2, 0.25) is 5.91 Å². The Kier molecular flexibility index (Phi) is 6.24. The van der Waals surface area contributed by atoms with Gasteiger partial charge in [0.1, 0.15) is 0 Å². The summed E-state index contributed by atoms with van der Waals surface area (Å²) in [7, 11) is -3.56. The number of hydrogen-bond donors (Lipinski definition) is 2. The molecule has 140 valence electrons. The summed E-state index contributed by atoms with van der Waals surface area (Å²) in [6.07, 6.45) is 0.826. The van der Waals surface area contributed by atoms with Gasteiger partial charge in [0.05, 0.1) is 12.6 Å². The summed E-state index contributed by atoms with van der Waals surface area (Å²) in [5.41, 5.74) is 1.81. The number of aliphatic hydroxyl groups excluding tert-OH is 1. The Balaban J connectivity index is 2.23. The molecule has 0 saturated carbocycles. The van der Waals surface area contributed by atoms with Crippen LogP contribution in [0.4, 0.5) is 0 Å². The first kappa shape index (κ1) is 19.9. The second-order valence-electron chi connectivity index (χ2n) is 6.79. The number of nitrogens with zero attached hydrogens (tertiary/aromatic N) is 1. The van der Waals surface area contributed by atoms with Gasteiger partial charge in [0, 0.05) is 12.8 Å². The Hall–Kier alpha value is -1.44. The predicted molar refractivity (Wildman–Crippen MR) is 98.1 cm³/mol. The van der Waals surface area contributed by atoms with E-state index in [-0.39, 0.29) is 19.4 Å². The zero-order valence-corrected chi connectivity index (χ0v) is 16.0. The van der Waals surface area contributed by atoms with Gasteiger partial charge in [-0.1, -0.05) is 29.8 Å². The number of piperidine rings is 1. The van der Waals surface area contributed by atoms with E-state index in [1.807, 2.05) is 31.2 Å². The van der Waals surface area contributed by atoms with Gasteiger partial charge < -0.3 is 15.3 Å². The molecule has 25 heavy (non-hydrogen) atoms. The molecule has 7 heteroatoms. The molecule has 2 rings (SSSR count). The number of sulfone groups is 1. The van der Waals surface area contributed by atoms with E-state index in [1.165, 1.54) is 4.90 Å². The Morgan fingerprint density at radius 3 is 2.32 bits per heavy atom. The normalized spacial score (nSPS) is 18.6. The Morgan fingerprint density at radius 1 is 1.28 bits per heavy atom. The lowest BCUT2D eigenvalue weighted by molar-refractivity contribution is -0.136. The van der Waals surface area contributed by atoms with Crippen LogP contribution in [0.5, 0.6) is 0 Å². The number of nitrogens with one attached hydrogen (secondary N) is 1. The third kappa shape index (κ3) is 4.22. The van der Waals surface area contributed by atoms with Crippen LogP contribution in [0.3, 0.4) is 0 Å². The van der Waals surface area contributed by atoms with Crippen molar-refractivity contribution in [3.05, 3.63) is 35.4 Å². The maximum atomic E-state index is 13.1. The van der Waals surface area contributed by atoms with E-state index in [0.29, 0.717) is 19.6 Å². The number of carbonyl (C=O) groups excluding carboxylic acids is 1. The molecular weight excluding hydrogens is 340 g/mol. The first-order valence-corrected chi connectivity index (χ1v) is 10.5.